The first-order valence-electron chi connectivity index (χ1n) is 8.66. The van der Waals surface area contributed by atoms with E-state index in [0.717, 1.165) is 13.8 Å². The number of phenolic OH excluding ortho intramolecular Hbond substituents is 3. The van der Waals surface area contributed by atoms with Crippen LogP contribution in [0.25, 0.3) is 0 Å². The molecule has 14 heteroatoms. The number of amides is 1. The van der Waals surface area contributed by atoms with Crippen LogP contribution in [0.3, 0.4) is 0 Å². The van der Waals surface area contributed by atoms with E-state index in [0.29, 0.717) is 0 Å². The Balaban J connectivity index is 2.74. The van der Waals surface area contributed by atoms with Gasteiger partial charge < -0.3 is 61.5 Å². The minimum atomic E-state index is -3.64. The minimum absolute atomic E-state index is 0.344. The molecule has 1 heterocycles. The molecule has 0 unspecified atom stereocenters. The minimum Gasteiger partial charge on any atom is -0.504 e. The van der Waals surface area contributed by atoms with Crippen molar-refractivity contribution < 1.29 is 61.0 Å². The van der Waals surface area contributed by atoms with Gasteiger partial charge in [-0.2, -0.15) is 0 Å². The van der Waals surface area contributed by atoms with Crippen molar-refractivity contribution in [2.45, 2.75) is 56.6 Å². The molecule has 2 rings (SSSR count). The molecule has 0 bridgehead atoms. The predicted molar refractivity (Wildman–Crippen MR) is 93.8 cm³/mol. The van der Waals surface area contributed by atoms with Gasteiger partial charge in [0.05, 0.1) is 11.3 Å². The van der Waals surface area contributed by atoms with Crippen molar-refractivity contribution in [1.82, 2.24) is 4.90 Å². The molecule has 12 N–H and O–H groups in total. The standard InChI is InChI=1S/C16H24N2O12/c1-3-13(23,24)18(14(25,26)4-2)15(27,28)5-6-7-8(10(20)11(21)9(6)19)17-12(22)16(7,29)30/h19-21,23-30H,3-5H2,1-2H3,(H,17,22). The molecule has 1 aliphatic rings. The van der Waals surface area contributed by atoms with Gasteiger partial charge in [-0.1, -0.05) is 13.8 Å². The molecule has 170 valence electrons. The highest BCUT2D eigenvalue weighted by Gasteiger charge is 2.56. The van der Waals surface area contributed by atoms with Crippen LogP contribution in [0.4, 0.5) is 5.69 Å². The first-order valence-corrected chi connectivity index (χ1v) is 8.66. The van der Waals surface area contributed by atoms with Crippen molar-refractivity contribution in [2.75, 3.05) is 5.32 Å². The molecule has 1 aromatic rings. The predicted octanol–water partition coefficient (Wildman–Crippen LogP) is -3.53. The summed E-state index contributed by atoms with van der Waals surface area (Å²) >= 11 is 0. The molecule has 0 saturated carbocycles. The molecule has 0 aromatic heterocycles. The Hall–Kier alpha value is -2.27. The number of benzene rings is 1. The average Bonchev–Trinajstić information content (AvgIpc) is 2.85. The topological polar surface area (TPSA) is 255 Å². The monoisotopic (exact) mass is 436 g/mol. The van der Waals surface area contributed by atoms with E-state index in [1.807, 2.05) is 5.32 Å². The summed E-state index contributed by atoms with van der Waals surface area (Å²) in [6, 6.07) is 0. The van der Waals surface area contributed by atoms with Gasteiger partial charge in [0.25, 0.3) is 11.7 Å². The van der Waals surface area contributed by atoms with Crippen LogP contribution in [0.1, 0.15) is 37.8 Å². The van der Waals surface area contributed by atoms with Crippen molar-refractivity contribution in [1.29, 1.82) is 0 Å². The second-order valence-electron chi connectivity index (χ2n) is 6.94. The number of aromatic hydroxyl groups is 3. The quantitative estimate of drug-likeness (QED) is 0.112. The Kier molecular flexibility index (Phi) is 5.73. The van der Waals surface area contributed by atoms with Crippen LogP contribution in [0, 0.1) is 0 Å². The first-order chi connectivity index (χ1) is 13.5. The van der Waals surface area contributed by atoms with E-state index in [2.05, 4.69) is 0 Å². The van der Waals surface area contributed by atoms with Crippen molar-refractivity contribution in [3.8, 4) is 17.2 Å². The Bertz CT molecular complexity index is 849. The maximum Gasteiger partial charge on any atom is 0.289 e. The lowest BCUT2D eigenvalue weighted by Gasteiger charge is -2.48. The van der Waals surface area contributed by atoms with Gasteiger partial charge in [-0.3, -0.25) is 4.79 Å². The maximum atomic E-state index is 11.8. The molecule has 1 aliphatic heterocycles. The molecule has 0 radical (unpaired) electrons. The Labute approximate surface area is 168 Å². The lowest BCUT2D eigenvalue weighted by Crippen LogP contribution is -2.70. The van der Waals surface area contributed by atoms with Gasteiger partial charge in [0, 0.05) is 24.8 Å². The van der Waals surface area contributed by atoms with E-state index in [9.17, 15) is 61.0 Å². The average molecular weight is 436 g/mol. The molecule has 14 nitrogen and oxygen atoms in total. The zero-order chi connectivity index (χ0) is 23.4. The lowest BCUT2D eigenvalue weighted by atomic mass is 9.93. The number of phenols is 3. The Morgan fingerprint density at radius 3 is 1.73 bits per heavy atom. The van der Waals surface area contributed by atoms with E-state index in [1.165, 1.54) is 0 Å². The molecule has 0 atom stereocenters. The SMILES string of the molecule is CCC(O)(O)N(C(O)(O)CC)C(O)(O)Cc1c(O)c(O)c(O)c2c1C(O)(O)C(=O)N2. The van der Waals surface area contributed by atoms with E-state index < -0.39 is 82.8 Å². The molecule has 0 saturated heterocycles. The second-order valence-corrected chi connectivity index (χ2v) is 6.94. The van der Waals surface area contributed by atoms with Crippen molar-refractivity contribution in [3.63, 3.8) is 0 Å². The van der Waals surface area contributed by atoms with Crippen molar-refractivity contribution in [3.05, 3.63) is 11.1 Å². The number of nitrogens with zero attached hydrogens (tertiary/aromatic N) is 1. The van der Waals surface area contributed by atoms with Gasteiger partial charge >= 0.3 is 0 Å². The van der Waals surface area contributed by atoms with Gasteiger partial charge in [-0.15, -0.1) is 4.90 Å². The number of aliphatic hydroxyl groups is 8. The maximum absolute atomic E-state index is 11.8. The zero-order valence-corrected chi connectivity index (χ0v) is 15.9. The molecule has 1 amide bonds. The molecule has 0 spiro atoms. The molecule has 30 heavy (non-hydrogen) atoms. The largest absolute Gasteiger partial charge is 0.504 e. The number of nitrogens with one attached hydrogen (secondary N) is 1. The number of hydrogen-bond donors (Lipinski definition) is 12. The smallest absolute Gasteiger partial charge is 0.289 e. The summed E-state index contributed by atoms with van der Waals surface area (Å²) in [6.45, 7) is 2.29. The van der Waals surface area contributed by atoms with Crippen molar-refractivity contribution >= 4 is 11.6 Å². The zero-order valence-electron chi connectivity index (χ0n) is 15.9. The van der Waals surface area contributed by atoms with Gasteiger partial charge in [0.15, 0.2) is 11.5 Å². The fourth-order valence-electron chi connectivity index (χ4n) is 3.25. The van der Waals surface area contributed by atoms with Crippen LogP contribution >= 0.6 is 0 Å². The number of hydrogen-bond acceptors (Lipinski definition) is 13. The number of anilines is 1. The van der Waals surface area contributed by atoms with Gasteiger partial charge in [0.1, 0.15) is 0 Å². The number of rotatable bonds is 7. The van der Waals surface area contributed by atoms with Crippen LogP contribution in [0.5, 0.6) is 17.2 Å². The highest BCUT2D eigenvalue weighted by Crippen LogP contribution is 2.53. The summed E-state index contributed by atoms with van der Waals surface area (Å²) in [5.74, 6) is -18.8. The first kappa shape index (κ1) is 24.0. The fourth-order valence-corrected chi connectivity index (χ4v) is 3.25. The van der Waals surface area contributed by atoms with Crippen LogP contribution in [-0.2, 0) is 17.0 Å². The highest BCUT2D eigenvalue weighted by atomic mass is 16.6. The van der Waals surface area contributed by atoms with E-state index in [1.54, 1.807) is 0 Å². The van der Waals surface area contributed by atoms with Crippen LogP contribution in [0.2, 0.25) is 0 Å². The number of carbonyl (C=O) groups excluding carboxylic acids is 1. The summed E-state index contributed by atoms with van der Waals surface area (Å²) in [5.41, 5.74) is -2.71. The van der Waals surface area contributed by atoms with Crippen LogP contribution in [-0.4, -0.2) is 84.7 Å². The van der Waals surface area contributed by atoms with Crippen molar-refractivity contribution in [2.24, 2.45) is 0 Å². The highest BCUT2D eigenvalue weighted by molar-refractivity contribution is 6.06. The Morgan fingerprint density at radius 1 is 0.833 bits per heavy atom. The van der Waals surface area contributed by atoms with E-state index in [4.69, 9.17) is 0 Å². The summed E-state index contributed by atoms with van der Waals surface area (Å²) in [5, 5.41) is 113. The third-order valence-electron chi connectivity index (χ3n) is 4.86. The molecule has 1 aromatic carbocycles. The lowest BCUT2D eigenvalue weighted by molar-refractivity contribution is -0.475. The van der Waals surface area contributed by atoms with E-state index >= 15 is 0 Å². The summed E-state index contributed by atoms with van der Waals surface area (Å²) in [4.78, 5) is 11.5. The number of carbonyl (C=O) groups is 1. The molecule has 0 aliphatic carbocycles. The summed E-state index contributed by atoms with van der Waals surface area (Å²) < 4.78 is 0. The van der Waals surface area contributed by atoms with Gasteiger partial charge in [0.2, 0.25) is 23.5 Å². The molecular formula is C16H24N2O12. The van der Waals surface area contributed by atoms with Gasteiger partial charge in [-0.05, 0) is 0 Å². The fraction of sp³-hybridized carbons (Fsp3) is 0.562. The van der Waals surface area contributed by atoms with Crippen LogP contribution in [0.15, 0.2) is 0 Å². The Morgan fingerprint density at radius 2 is 1.30 bits per heavy atom. The van der Waals surface area contributed by atoms with Crippen LogP contribution < -0.4 is 5.32 Å². The summed E-state index contributed by atoms with van der Waals surface area (Å²) in [6.07, 6.45) is -2.82. The molecular weight excluding hydrogens is 412 g/mol. The number of fused-ring (bicyclic) bond motifs is 1. The second kappa shape index (κ2) is 7.16. The normalized spacial score (nSPS) is 16.7. The third kappa shape index (κ3) is 3.53. The summed E-state index contributed by atoms with van der Waals surface area (Å²) in [7, 11) is 0. The third-order valence-corrected chi connectivity index (χ3v) is 4.86. The van der Waals surface area contributed by atoms with Gasteiger partial charge in [-0.25, -0.2) is 0 Å². The van der Waals surface area contributed by atoms with E-state index in [-0.39, 0.29) is 4.90 Å². The molecule has 0 fully saturated rings.